The lowest BCUT2D eigenvalue weighted by Gasteiger charge is -2.28. The van der Waals surface area contributed by atoms with Crippen molar-refractivity contribution in [3.05, 3.63) is 54.1 Å². The molecule has 5 heteroatoms. The Morgan fingerprint density at radius 2 is 1.68 bits per heavy atom. The molecule has 2 aromatic rings. The second kappa shape index (κ2) is 8.53. The number of amides is 2. The fourth-order valence-electron chi connectivity index (χ4n) is 3.17. The topological polar surface area (TPSA) is 64.6 Å². The lowest BCUT2D eigenvalue weighted by atomic mass is 10.1. The Morgan fingerprint density at radius 3 is 2.40 bits per heavy atom. The van der Waals surface area contributed by atoms with Crippen molar-refractivity contribution in [2.75, 3.05) is 35.2 Å². The molecule has 1 aliphatic heterocycles. The Kier molecular flexibility index (Phi) is 5.90. The highest BCUT2D eigenvalue weighted by Gasteiger charge is 2.11. The maximum absolute atomic E-state index is 12.2. The third-order valence-electron chi connectivity index (χ3n) is 4.49. The molecule has 0 aromatic heterocycles. The molecule has 0 bridgehead atoms. The molecule has 0 saturated carbocycles. The molecular formula is C20H25N3O2. The number of benzene rings is 2. The van der Waals surface area contributed by atoms with Crippen LogP contribution >= 0.6 is 0 Å². The summed E-state index contributed by atoms with van der Waals surface area (Å²) >= 11 is 0. The minimum atomic E-state index is -0.281. The minimum Gasteiger partial charge on any atom is -0.396 e. The van der Waals surface area contributed by atoms with Crippen molar-refractivity contribution < 1.29 is 9.90 Å². The molecule has 1 fully saturated rings. The van der Waals surface area contributed by atoms with Crippen molar-refractivity contribution in [3.63, 3.8) is 0 Å². The Morgan fingerprint density at radius 1 is 0.960 bits per heavy atom. The van der Waals surface area contributed by atoms with Gasteiger partial charge in [0.15, 0.2) is 0 Å². The van der Waals surface area contributed by atoms with Gasteiger partial charge in [0.2, 0.25) is 0 Å². The molecule has 0 atom stereocenters. The summed E-state index contributed by atoms with van der Waals surface area (Å²) in [7, 11) is 0. The van der Waals surface area contributed by atoms with Gasteiger partial charge in [0, 0.05) is 36.8 Å². The zero-order valence-electron chi connectivity index (χ0n) is 14.4. The van der Waals surface area contributed by atoms with E-state index in [9.17, 15) is 4.79 Å². The third-order valence-corrected chi connectivity index (χ3v) is 4.49. The summed E-state index contributed by atoms with van der Waals surface area (Å²) in [5, 5.41) is 14.8. The molecule has 0 radical (unpaired) electrons. The van der Waals surface area contributed by atoms with Crippen LogP contribution in [-0.4, -0.2) is 30.8 Å². The van der Waals surface area contributed by atoms with Gasteiger partial charge >= 0.3 is 6.03 Å². The van der Waals surface area contributed by atoms with E-state index in [1.165, 1.54) is 24.9 Å². The number of carbonyl (C=O) groups is 1. The van der Waals surface area contributed by atoms with E-state index < -0.39 is 0 Å². The normalized spacial score (nSPS) is 14.2. The fourth-order valence-corrected chi connectivity index (χ4v) is 3.17. The summed E-state index contributed by atoms with van der Waals surface area (Å²) in [6.07, 6.45) is 4.32. The Labute approximate surface area is 148 Å². The zero-order valence-corrected chi connectivity index (χ0v) is 14.4. The van der Waals surface area contributed by atoms with Crippen LogP contribution in [0.25, 0.3) is 0 Å². The number of rotatable bonds is 5. The smallest absolute Gasteiger partial charge is 0.323 e. The summed E-state index contributed by atoms with van der Waals surface area (Å²) < 4.78 is 0. The van der Waals surface area contributed by atoms with Gasteiger partial charge in [-0.1, -0.05) is 18.2 Å². The first-order valence-electron chi connectivity index (χ1n) is 8.88. The third kappa shape index (κ3) is 4.73. The summed E-state index contributed by atoms with van der Waals surface area (Å²) in [4.78, 5) is 14.6. The van der Waals surface area contributed by atoms with E-state index in [2.05, 4.69) is 27.7 Å². The highest BCUT2D eigenvalue weighted by atomic mass is 16.3. The molecule has 3 rings (SSSR count). The molecule has 5 nitrogen and oxygen atoms in total. The Bertz CT molecular complexity index is 694. The molecule has 1 saturated heterocycles. The van der Waals surface area contributed by atoms with Crippen molar-refractivity contribution in [2.24, 2.45) is 0 Å². The number of anilines is 3. The molecule has 2 aromatic carbocycles. The van der Waals surface area contributed by atoms with E-state index >= 15 is 0 Å². The Balaban J connectivity index is 1.59. The first kappa shape index (κ1) is 17.3. The Hall–Kier alpha value is -2.53. The van der Waals surface area contributed by atoms with Crippen molar-refractivity contribution >= 4 is 23.1 Å². The quantitative estimate of drug-likeness (QED) is 0.775. The van der Waals surface area contributed by atoms with Crippen LogP contribution in [0.3, 0.4) is 0 Å². The van der Waals surface area contributed by atoms with Crippen molar-refractivity contribution in [1.29, 1.82) is 0 Å². The van der Waals surface area contributed by atoms with Crippen LogP contribution in [0.15, 0.2) is 48.5 Å². The largest absolute Gasteiger partial charge is 0.396 e. The second-order valence-electron chi connectivity index (χ2n) is 6.30. The molecule has 3 N–H and O–H groups in total. The van der Waals surface area contributed by atoms with Gasteiger partial charge in [0.25, 0.3) is 0 Å². The standard InChI is InChI=1S/C20H25N3O2/c24-15-12-16-6-2-3-7-19(16)22-20(25)21-17-8-10-18(11-9-17)23-13-4-1-5-14-23/h2-3,6-11,24H,1,4-5,12-15H2,(H2,21,22,25). The van der Waals surface area contributed by atoms with E-state index in [0.717, 1.165) is 30.0 Å². The summed E-state index contributed by atoms with van der Waals surface area (Å²) in [5.41, 5.74) is 3.61. The van der Waals surface area contributed by atoms with Crippen LogP contribution in [-0.2, 0) is 6.42 Å². The maximum atomic E-state index is 12.2. The summed E-state index contributed by atoms with van der Waals surface area (Å²) in [5.74, 6) is 0. The highest BCUT2D eigenvalue weighted by molar-refractivity contribution is 6.00. The lowest BCUT2D eigenvalue weighted by molar-refractivity contribution is 0.262. The number of hydrogen-bond acceptors (Lipinski definition) is 3. The van der Waals surface area contributed by atoms with Crippen LogP contribution in [0, 0.1) is 0 Å². The van der Waals surface area contributed by atoms with E-state index in [-0.39, 0.29) is 12.6 Å². The van der Waals surface area contributed by atoms with Crippen LogP contribution in [0.2, 0.25) is 0 Å². The molecule has 132 valence electrons. The number of hydrogen-bond donors (Lipinski definition) is 3. The molecule has 1 aliphatic rings. The fraction of sp³-hybridized carbons (Fsp3) is 0.350. The van der Waals surface area contributed by atoms with E-state index in [4.69, 9.17) is 5.11 Å². The molecule has 25 heavy (non-hydrogen) atoms. The number of aliphatic hydroxyl groups excluding tert-OH is 1. The maximum Gasteiger partial charge on any atom is 0.323 e. The van der Waals surface area contributed by atoms with Crippen molar-refractivity contribution in [3.8, 4) is 0 Å². The van der Waals surface area contributed by atoms with Crippen LogP contribution in [0.5, 0.6) is 0 Å². The number of carbonyl (C=O) groups excluding carboxylic acids is 1. The van der Waals surface area contributed by atoms with Gasteiger partial charge in [-0.3, -0.25) is 0 Å². The average Bonchev–Trinajstić information content (AvgIpc) is 2.65. The predicted octanol–water partition coefficient (Wildman–Crippen LogP) is 3.86. The molecule has 0 spiro atoms. The molecule has 1 heterocycles. The molecular weight excluding hydrogens is 314 g/mol. The number of nitrogens with zero attached hydrogens (tertiary/aromatic N) is 1. The van der Waals surface area contributed by atoms with Gasteiger partial charge in [0.05, 0.1) is 0 Å². The van der Waals surface area contributed by atoms with Crippen molar-refractivity contribution in [1.82, 2.24) is 0 Å². The number of aliphatic hydroxyl groups is 1. The zero-order chi connectivity index (χ0) is 17.5. The number of piperidine rings is 1. The van der Waals surface area contributed by atoms with Gasteiger partial charge < -0.3 is 20.6 Å². The summed E-state index contributed by atoms with van der Waals surface area (Å²) in [6.45, 7) is 2.27. The van der Waals surface area contributed by atoms with Crippen molar-refractivity contribution in [2.45, 2.75) is 25.7 Å². The molecule has 0 unspecified atom stereocenters. The first-order chi connectivity index (χ1) is 12.3. The minimum absolute atomic E-state index is 0.0538. The number of urea groups is 1. The highest BCUT2D eigenvalue weighted by Crippen LogP contribution is 2.22. The number of para-hydroxylation sites is 1. The van der Waals surface area contributed by atoms with Gasteiger partial charge in [-0.2, -0.15) is 0 Å². The number of nitrogens with one attached hydrogen (secondary N) is 2. The van der Waals surface area contributed by atoms with Gasteiger partial charge in [-0.05, 0) is 61.6 Å². The van der Waals surface area contributed by atoms with Gasteiger partial charge in [-0.15, -0.1) is 0 Å². The molecule has 0 aliphatic carbocycles. The molecule has 2 amide bonds. The van der Waals surface area contributed by atoms with Gasteiger partial charge in [-0.25, -0.2) is 4.79 Å². The van der Waals surface area contributed by atoms with Crippen LogP contribution in [0.4, 0.5) is 21.9 Å². The SMILES string of the molecule is O=C(Nc1ccc(N2CCCCC2)cc1)Nc1ccccc1CCO. The van der Waals surface area contributed by atoms with E-state index in [1.807, 2.05) is 36.4 Å². The van der Waals surface area contributed by atoms with Crippen LogP contribution in [0.1, 0.15) is 24.8 Å². The second-order valence-corrected chi connectivity index (χ2v) is 6.30. The van der Waals surface area contributed by atoms with E-state index in [1.54, 1.807) is 0 Å². The lowest BCUT2D eigenvalue weighted by Crippen LogP contribution is -2.29. The van der Waals surface area contributed by atoms with Gasteiger partial charge in [0.1, 0.15) is 0 Å². The first-order valence-corrected chi connectivity index (χ1v) is 8.88. The van der Waals surface area contributed by atoms with Crippen LogP contribution < -0.4 is 15.5 Å². The summed E-state index contributed by atoms with van der Waals surface area (Å²) in [6, 6.07) is 15.2. The van der Waals surface area contributed by atoms with E-state index in [0.29, 0.717) is 6.42 Å². The monoisotopic (exact) mass is 339 g/mol. The predicted molar refractivity (Wildman–Crippen MR) is 102 cm³/mol. The average molecular weight is 339 g/mol.